The maximum atomic E-state index is 13.0. The Bertz CT molecular complexity index is 490. The molecule has 0 aliphatic carbocycles. The standard InChI is InChI=1S/C13H14ClF3O3/c1-3-9(12(19,7-18)13(15,16)17)8-5-4-6-10(14)11(8)20-2/h4-7,9,19H,3H2,1-2H3. The summed E-state index contributed by atoms with van der Waals surface area (Å²) in [5, 5.41) is 9.90. The maximum Gasteiger partial charge on any atom is 0.424 e. The number of aldehydes is 1. The molecular formula is C13H14ClF3O3. The minimum absolute atomic E-state index is 0.0190. The first kappa shape index (κ1) is 16.8. The van der Waals surface area contributed by atoms with Gasteiger partial charge in [0.05, 0.1) is 12.1 Å². The quantitative estimate of drug-likeness (QED) is 0.849. The van der Waals surface area contributed by atoms with Gasteiger partial charge in [-0.25, -0.2) is 0 Å². The Morgan fingerprint density at radius 2 is 2.05 bits per heavy atom. The lowest BCUT2D eigenvalue weighted by Crippen LogP contribution is -2.51. The monoisotopic (exact) mass is 310 g/mol. The number of hydrogen-bond donors (Lipinski definition) is 1. The van der Waals surface area contributed by atoms with Crippen LogP contribution in [0.5, 0.6) is 5.75 Å². The molecule has 0 heterocycles. The molecule has 7 heteroatoms. The summed E-state index contributed by atoms with van der Waals surface area (Å²) in [6.07, 6.45) is -5.70. The average molecular weight is 311 g/mol. The van der Waals surface area contributed by atoms with Crippen LogP contribution in [-0.2, 0) is 4.79 Å². The lowest BCUT2D eigenvalue weighted by Gasteiger charge is -2.33. The van der Waals surface area contributed by atoms with Crippen molar-refractivity contribution in [3.05, 3.63) is 28.8 Å². The zero-order chi connectivity index (χ0) is 15.6. The number of benzene rings is 1. The van der Waals surface area contributed by atoms with Gasteiger partial charge in [0.2, 0.25) is 5.60 Å². The third-order valence-corrected chi connectivity index (χ3v) is 3.45. The van der Waals surface area contributed by atoms with Gasteiger partial charge in [-0.3, -0.25) is 4.79 Å². The van der Waals surface area contributed by atoms with Crippen molar-refractivity contribution in [2.45, 2.75) is 31.0 Å². The Labute approximate surface area is 119 Å². The second-order valence-corrected chi connectivity index (χ2v) is 4.67. The van der Waals surface area contributed by atoms with Gasteiger partial charge in [-0.2, -0.15) is 13.2 Å². The van der Waals surface area contributed by atoms with Gasteiger partial charge in [-0.15, -0.1) is 0 Å². The van der Waals surface area contributed by atoms with Crippen LogP contribution in [0, 0.1) is 0 Å². The van der Waals surface area contributed by atoms with E-state index in [-0.39, 0.29) is 22.8 Å². The van der Waals surface area contributed by atoms with Crippen LogP contribution < -0.4 is 4.74 Å². The second kappa shape index (κ2) is 6.01. The minimum atomic E-state index is -5.09. The molecule has 1 rings (SSSR count). The van der Waals surface area contributed by atoms with Gasteiger partial charge >= 0.3 is 6.18 Å². The lowest BCUT2D eigenvalue weighted by atomic mass is 9.80. The number of ether oxygens (including phenoxy) is 1. The summed E-state index contributed by atoms with van der Waals surface area (Å²) in [5.41, 5.74) is -3.45. The zero-order valence-corrected chi connectivity index (χ0v) is 11.6. The SMILES string of the molecule is CCC(c1cccc(Cl)c1OC)C(O)(C=O)C(F)(F)F. The molecule has 0 saturated heterocycles. The van der Waals surface area contributed by atoms with Gasteiger partial charge in [0.25, 0.3) is 0 Å². The number of para-hydroxylation sites is 1. The van der Waals surface area contributed by atoms with Gasteiger partial charge in [0.15, 0.2) is 6.29 Å². The van der Waals surface area contributed by atoms with E-state index in [0.29, 0.717) is 0 Å². The van der Waals surface area contributed by atoms with Crippen LogP contribution in [0.2, 0.25) is 5.02 Å². The van der Waals surface area contributed by atoms with Crippen molar-refractivity contribution in [1.29, 1.82) is 0 Å². The average Bonchev–Trinajstić information content (AvgIpc) is 2.38. The maximum absolute atomic E-state index is 13.0. The molecule has 2 unspecified atom stereocenters. The number of rotatable bonds is 5. The Kier molecular flexibility index (Phi) is 5.05. The molecule has 3 nitrogen and oxygen atoms in total. The molecular weight excluding hydrogens is 297 g/mol. The van der Waals surface area contributed by atoms with Crippen molar-refractivity contribution in [2.75, 3.05) is 7.11 Å². The first-order valence-electron chi connectivity index (χ1n) is 5.80. The first-order chi connectivity index (χ1) is 9.22. The van der Waals surface area contributed by atoms with Crippen LogP contribution in [0.15, 0.2) is 18.2 Å². The van der Waals surface area contributed by atoms with Gasteiger partial charge in [-0.05, 0) is 12.5 Å². The number of carbonyl (C=O) groups is 1. The van der Waals surface area contributed by atoms with Crippen LogP contribution in [0.3, 0.4) is 0 Å². The molecule has 2 atom stereocenters. The molecule has 0 saturated carbocycles. The smallest absolute Gasteiger partial charge is 0.424 e. The molecule has 112 valence electrons. The van der Waals surface area contributed by atoms with Crippen molar-refractivity contribution in [2.24, 2.45) is 0 Å². The largest absolute Gasteiger partial charge is 0.495 e. The summed E-state index contributed by atoms with van der Waals surface area (Å²) >= 11 is 5.86. The molecule has 0 aliphatic heterocycles. The fourth-order valence-corrected chi connectivity index (χ4v) is 2.39. The normalized spacial score (nSPS) is 16.4. The summed E-state index contributed by atoms with van der Waals surface area (Å²) < 4.78 is 44.0. The number of hydrogen-bond acceptors (Lipinski definition) is 3. The Morgan fingerprint density at radius 3 is 2.45 bits per heavy atom. The third kappa shape index (κ3) is 2.76. The fourth-order valence-electron chi connectivity index (χ4n) is 2.13. The number of halogens is 4. The van der Waals surface area contributed by atoms with Gasteiger partial charge < -0.3 is 9.84 Å². The predicted molar refractivity (Wildman–Crippen MR) is 68.1 cm³/mol. The summed E-state index contributed by atoms with van der Waals surface area (Å²) in [7, 11) is 1.25. The lowest BCUT2D eigenvalue weighted by molar-refractivity contribution is -0.252. The number of alkyl halides is 3. The summed E-state index contributed by atoms with van der Waals surface area (Å²) in [4.78, 5) is 10.9. The molecule has 0 aliphatic rings. The van der Waals surface area contributed by atoms with E-state index in [0.717, 1.165) is 0 Å². The van der Waals surface area contributed by atoms with E-state index in [1.165, 1.54) is 32.2 Å². The number of carbonyl (C=O) groups excluding carboxylic acids is 1. The summed E-state index contributed by atoms with van der Waals surface area (Å²) in [6, 6.07) is 4.23. The molecule has 1 N–H and O–H groups in total. The molecule has 20 heavy (non-hydrogen) atoms. The van der Waals surface area contributed by atoms with Crippen LogP contribution >= 0.6 is 11.6 Å². The van der Waals surface area contributed by atoms with Crippen LogP contribution in [0.4, 0.5) is 13.2 Å². The molecule has 0 radical (unpaired) electrons. The Balaban J connectivity index is 3.47. The van der Waals surface area contributed by atoms with E-state index >= 15 is 0 Å². The predicted octanol–water partition coefficient (Wildman–Crippen LogP) is 3.33. The second-order valence-electron chi connectivity index (χ2n) is 4.26. The van der Waals surface area contributed by atoms with E-state index < -0.39 is 24.0 Å². The highest BCUT2D eigenvalue weighted by atomic mass is 35.5. The van der Waals surface area contributed by atoms with Gasteiger partial charge in [0, 0.05) is 11.5 Å². The van der Waals surface area contributed by atoms with E-state index in [9.17, 15) is 23.1 Å². The van der Waals surface area contributed by atoms with Crippen molar-refractivity contribution in [3.8, 4) is 5.75 Å². The third-order valence-electron chi connectivity index (χ3n) is 3.15. The summed E-state index contributed by atoms with van der Waals surface area (Å²) in [5.74, 6) is -1.49. The van der Waals surface area contributed by atoms with Crippen LogP contribution in [0.1, 0.15) is 24.8 Å². The topological polar surface area (TPSA) is 46.5 Å². The van der Waals surface area contributed by atoms with Gasteiger partial charge in [-0.1, -0.05) is 30.7 Å². The van der Waals surface area contributed by atoms with Crippen LogP contribution in [-0.4, -0.2) is 30.3 Å². The fraction of sp³-hybridized carbons (Fsp3) is 0.462. The Morgan fingerprint density at radius 1 is 1.45 bits per heavy atom. The van der Waals surface area contributed by atoms with Crippen molar-refractivity contribution < 1.29 is 27.8 Å². The highest BCUT2D eigenvalue weighted by Crippen LogP contribution is 2.45. The minimum Gasteiger partial charge on any atom is -0.495 e. The highest BCUT2D eigenvalue weighted by Gasteiger charge is 2.59. The highest BCUT2D eigenvalue weighted by molar-refractivity contribution is 6.32. The summed E-state index contributed by atoms with van der Waals surface area (Å²) in [6.45, 7) is 1.44. The molecule has 0 fully saturated rings. The molecule has 1 aromatic carbocycles. The van der Waals surface area contributed by atoms with Crippen molar-refractivity contribution in [3.63, 3.8) is 0 Å². The Hall–Kier alpha value is -1.27. The number of methoxy groups -OCH3 is 1. The molecule has 0 aromatic heterocycles. The molecule has 0 amide bonds. The van der Waals surface area contributed by atoms with E-state index in [4.69, 9.17) is 16.3 Å². The van der Waals surface area contributed by atoms with Gasteiger partial charge in [0.1, 0.15) is 5.75 Å². The van der Waals surface area contributed by atoms with Crippen LogP contribution in [0.25, 0.3) is 0 Å². The molecule has 1 aromatic rings. The van der Waals surface area contributed by atoms with Crippen molar-refractivity contribution >= 4 is 17.9 Å². The van der Waals surface area contributed by atoms with E-state index in [1.807, 2.05) is 0 Å². The molecule has 0 spiro atoms. The zero-order valence-electron chi connectivity index (χ0n) is 10.9. The van der Waals surface area contributed by atoms with E-state index in [2.05, 4.69) is 0 Å². The number of aliphatic hydroxyl groups is 1. The van der Waals surface area contributed by atoms with Crippen molar-refractivity contribution in [1.82, 2.24) is 0 Å². The first-order valence-corrected chi connectivity index (χ1v) is 6.18. The van der Waals surface area contributed by atoms with E-state index in [1.54, 1.807) is 0 Å². The molecule has 0 bridgehead atoms.